The molecular weight excluding hydrogens is 265 g/mol. The molecular formula is C17H22FN3. The highest BCUT2D eigenvalue weighted by Crippen LogP contribution is 2.28. The van der Waals surface area contributed by atoms with Crippen molar-refractivity contribution in [1.82, 2.24) is 10.3 Å². The van der Waals surface area contributed by atoms with E-state index in [1.165, 1.54) is 6.07 Å². The molecule has 0 fully saturated rings. The van der Waals surface area contributed by atoms with Crippen molar-refractivity contribution in [3.05, 3.63) is 59.7 Å². The zero-order chi connectivity index (χ0) is 15.2. The molecule has 1 N–H and O–H groups in total. The number of benzene rings is 1. The summed E-state index contributed by atoms with van der Waals surface area (Å²) < 4.78 is 13.6. The Morgan fingerprint density at radius 1 is 1.29 bits per heavy atom. The number of pyridine rings is 1. The lowest BCUT2D eigenvalue weighted by Crippen LogP contribution is -2.26. The molecule has 112 valence electrons. The maximum absolute atomic E-state index is 13.6. The average molecular weight is 287 g/mol. The number of nitrogens with one attached hydrogen (secondary N) is 1. The van der Waals surface area contributed by atoms with Gasteiger partial charge in [0.15, 0.2) is 0 Å². The summed E-state index contributed by atoms with van der Waals surface area (Å²) in [5.74, 6) is -0.204. The molecule has 0 radical (unpaired) electrons. The van der Waals surface area contributed by atoms with Gasteiger partial charge in [0.05, 0.1) is 12.2 Å². The number of nitrogens with zero attached hydrogens (tertiary/aromatic N) is 2. The van der Waals surface area contributed by atoms with Crippen LogP contribution in [0.25, 0.3) is 0 Å². The second kappa shape index (κ2) is 7.18. The highest BCUT2D eigenvalue weighted by molar-refractivity contribution is 5.55. The third-order valence-corrected chi connectivity index (χ3v) is 3.69. The molecule has 0 spiro atoms. The first kappa shape index (κ1) is 15.4. The van der Waals surface area contributed by atoms with Crippen molar-refractivity contribution in [3.8, 4) is 0 Å². The standard InChI is InChI=1S/C17H22FN3/c1-4-21(12-15-7-5-6-10-20-15)17-9-8-14(18)11-16(17)13(2)19-3/h5-11,13,19H,4,12H2,1-3H3. The van der Waals surface area contributed by atoms with Crippen LogP contribution in [0.5, 0.6) is 0 Å². The van der Waals surface area contributed by atoms with E-state index in [0.29, 0.717) is 6.54 Å². The summed E-state index contributed by atoms with van der Waals surface area (Å²) in [6.45, 7) is 5.69. The van der Waals surface area contributed by atoms with E-state index < -0.39 is 0 Å². The number of aromatic nitrogens is 1. The zero-order valence-electron chi connectivity index (χ0n) is 12.8. The van der Waals surface area contributed by atoms with E-state index in [1.54, 1.807) is 12.3 Å². The van der Waals surface area contributed by atoms with E-state index in [9.17, 15) is 4.39 Å². The van der Waals surface area contributed by atoms with Crippen LogP contribution in [-0.4, -0.2) is 18.6 Å². The molecule has 0 amide bonds. The molecule has 1 aromatic heterocycles. The Morgan fingerprint density at radius 2 is 2.10 bits per heavy atom. The Morgan fingerprint density at radius 3 is 2.71 bits per heavy atom. The Bertz CT molecular complexity index is 572. The predicted molar refractivity (Wildman–Crippen MR) is 84.8 cm³/mol. The molecule has 2 rings (SSSR count). The van der Waals surface area contributed by atoms with Gasteiger partial charge in [-0.2, -0.15) is 0 Å². The Labute approximate surface area is 125 Å². The lowest BCUT2D eigenvalue weighted by atomic mass is 10.0. The summed E-state index contributed by atoms with van der Waals surface area (Å²) in [6, 6.07) is 11.0. The molecule has 4 heteroatoms. The molecule has 0 saturated carbocycles. The third-order valence-electron chi connectivity index (χ3n) is 3.69. The van der Waals surface area contributed by atoms with Crippen LogP contribution in [0.2, 0.25) is 0 Å². The number of halogens is 1. The Kier molecular flexibility index (Phi) is 5.28. The van der Waals surface area contributed by atoms with Crippen molar-refractivity contribution >= 4 is 5.69 Å². The first-order valence-electron chi connectivity index (χ1n) is 7.27. The molecule has 0 aliphatic heterocycles. The van der Waals surface area contributed by atoms with Crippen LogP contribution in [0.15, 0.2) is 42.6 Å². The molecule has 0 bridgehead atoms. The van der Waals surface area contributed by atoms with Gasteiger partial charge in [-0.3, -0.25) is 4.98 Å². The van der Waals surface area contributed by atoms with Crippen molar-refractivity contribution in [2.75, 3.05) is 18.5 Å². The smallest absolute Gasteiger partial charge is 0.123 e. The summed E-state index contributed by atoms with van der Waals surface area (Å²) >= 11 is 0. The van der Waals surface area contributed by atoms with Crippen molar-refractivity contribution in [2.24, 2.45) is 0 Å². The predicted octanol–water partition coefficient (Wildman–Crippen LogP) is 3.53. The van der Waals surface area contributed by atoms with Crippen LogP contribution in [0.4, 0.5) is 10.1 Å². The minimum absolute atomic E-state index is 0.0912. The topological polar surface area (TPSA) is 28.2 Å². The first-order chi connectivity index (χ1) is 10.2. The van der Waals surface area contributed by atoms with E-state index in [2.05, 4.69) is 22.1 Å². The van der Waals surface area contributed by atoms with Crippen LogP contribution in [-0.2, 0) is 6.54 Å². The quantitative estimate of drug-likeness (QED) is 0.881. The van der Waals surface area contributed by atoms with Gasteiger partial charge in [0.2, 0.25) is 0 Å². The highest BCUT2D eigenvalue weighted by atomic mass is 19.1. The summed E-state index contributed by atoms with van der Waals surface area (Å²) in [5, 5.41) is 3.18. The van der Waals surface area contributed by atoms with Crippen molar-refractivity contribution in [1.29, 1.82) is 0 Å². The molecule has 1 atom stereocenters. The molecule has 1 unspecified atom stereocenters. The minimum atomic E-state index is -0.204. The second-order valence-corrected chi connectivity index (χ2v) is 5.05. The summed E-state index contributed by atoms with van der Waals surface area (Å²) in [4.78, 5) is 6.59. The monoisotopic (exact) mass is 287 g/mol. The van der Waals surface area contributed by atoms with Gasteiger partial charge in [-0.05, 0) is 56.8 Å². The minimum Gasteiger partial charge on any atom is -0.366 e. The van der Waals surface area contributed by atoms with E-state index >= 15 is 0 Å². The van der Waals surface area contributed by atoms with Crippen molar-refractivity contribution in [3.63, 3.8) is 0 Å². The van der Waals surface area contributed by atoms with Gasteiger partial charge < -0.3 is 10.2 Å². The fraction of sp³-hybridized carbons (Fsp3) is 0.353. The molecule has 3 nitrogen and oxygen atoms in total. The number of rotatable bonds is 6. The van der Waals surface area contributed by atoms with Crippen LogP contribution < -0.4 is 10.2 Å². The van der Waals surface area contributed by atoms with Gasteiger partial charge in [-0.25, -0.2) is 4.39 Å². The van der Waals surface area contributed by atoms with Crippen molar-refractivity contribution < 1.29 is 4.39 Å². The van der Waals surface area contributed by atoms with Gasteiger partial charge in [-0.15, -0.1) is 0 Å². The largest absolute Gasteiger partial charge is 0.366 e. The first-order valence-corrected chi connectivity index (χ1v) is 7.27. The molecule has 0 aliphatic carbocycles. The molecule has 1 aromatic carbocycles. The number of anilines is 1. The third kappa shape index (κ3) is 3.79. The molecule has 1 heterocycles. The van der Waals surface area contributed by atoms with E-state index in [1.807, 2.05) is 38.2 Å². The SMILES string of the molecule is CCN(Cc1ccccn1)c1ccc(F)cc1C(C)NC. The fourth-order valence-corrected chi connectivity index (χ4v) is 2.37. The molecule has 21 heavy (non-hydrogen) atoms. The number of hydrogen-bond donors (Lipinski definition) is 1. The van der Waals surface area contributed by atoms with Gasteiger partial charge in [0.1, 0.15) is 5.82 Å². The lowest BCUT2D eigenvalue weighted by Gasteiger charge is -2.27. The molecule has 0 aliphatic rings. The lowest BCUT2D eigenvalue weighted by molar-refractivity contribution is 0.606. The summed E-state index contributed by atoms with van der Waals surface area (Å²) in [7, 11) is 1.88. The van der Waals surface area contributed by atoms with Crippen LogP contribution in [0.3, 0.4) is 0 Å². The van der Waals surface area contributed by atoms with E-state index in [-0.39, 0.29) is 11.9 Å². The maximum atomic E-state index is 13.6. The van der Waals surface area contributed by atoms with Gasteiger partial charge in [0, 0.05) is 24.5 Å². The Hall–Kier alpha value is -1.94. The van der Waals surface area contributed by atoms with Crippen LogP contribution in [0, 0.1) is 5.82 Å². The maximum Gasteiger partial charge on any atom is 0.123 e. The zero-order valence-corrected chi connectivity index (χ0v) is 12.8. The van der Waals surface area contributed by atoms with E-state index in [4.69, 9.17) is 0 Å². The highest BCUT2D eigenvalue weighted by Gasteiger charge is 2.15. The molecule has 0 saturated heterocycles. The van der Waals surface area contributed by atoms with Gasteiger partial charge in [0.25, 0.3) is 0 Å². The van der Waals surface area contributed by atoms with Crippen LogP contribution in [0.1, 0.15) is 31.1 Å². The Balaban J connectivity index is 2.33. The number of hydrogen-bond acceptors (Lipinski definition) is 3. The summed E-state index contributed by atoms with van der Waals surface area (Å²) in [6.07, 6.45) is 1.80. The van der Waals surface area contributed by atoms with Gasteiger partial charge >= 0.3 is 0 Å². The molecule has 2 aromatic rings. The summed E-state index contributed by atoms with van der Waals surface area (Å²) in [5.41, 5.74) is 3.02. The second-order valence-electron chi connectivity index (χ2n) is 5.05. The normalized spacial score (nSPS) is 12.2. The fourth-order valence-electron chi connectivity index (χ4n) is 2.37. The van der Waals surface area contributed by atoms with Gasteiger partial charge in [-0.1, -0.05) is 6.07 Å². The average Bonchev–Trinajstić information content (AvgIpc) is 2.53. The van der Waals surface area contributed by atoms with Crippen LogP contribution >= 0.6 is 0 Å². The van der Waals surface area contributed by atoms with E-state index in [0.717, 1.165) is 23.5 Å². The van der Waals surface area contributed by atoms with Crippen molar-refractivity contribution in [2.45, 2.75) is 26.4 Å².